The van der Waals surface area contributed by atoms with Crippen molar-refractivity contribution in [3.63, 3.8) is 0 Å². The number of aliphatic hydroxyl groups is 1. The Hall–Kier alpha value is -3.09. The maximum Gasteiger partial charge on any atom is 0.329 e. The van der Waals surface area contributed by atoms with E-state index < -0.39 is 11.5 Å². The van der Waals surface area contributed by atoms with Crippen LogP contribution >= 0.6 is 11.6 Å². The topological polar surface area (TPSA) is 91.7 Å². The minimum absolute atomic E-state index is 0.0411. The number of carboxylic acids is 1. The summed E-state index contributed by atoms with van der Waals surface area (Å²) in [7, 11) is 0. The summed E-state index contributed by atoms with van der Waals surface area (Å²) in [4.78, 5) is 16.7. The molecular formula is C31H35ClN2O4. The number of aliphatic hydroxyl groups excluding tert-OH is 1. The smallest absolute Gasteiger partial charge is 0.329 e. The van der Waals surface area contributed by atoms with E-state index >= 15 is 0 Å². The summed E-state index contributed by atoms with van der Waals surface area (Å²) >= 11 is 6.18. The average molecular weight is 535 g/mol. The van der Waals surface area contributed by atoms with Gasteiger partial charge in [-0.05, 0) is 91.2 Å². The lowest BCUT2D eigenvalue weighted by Gasteiger charge is -2.47. The van der Waals surface area contributed by atoms with Crippen LogP contribution in [0.3, 0.4) is 0 Å². The molecule has 0 saturated heterocycles. The SMILES string of the molecule is C[C@@H](COc1ccnc(CO)c1)C[C@H]1Cc2ccccc2C12CCC(Nc1cccc(Cl)c1)(C(=O)O)CC2. The lowest BCUT2D eigenvalue weighted by molar-refractivity contribution is -0.144. The second-order valence-electron chi connectivity index (χ2n) is 11.0. The Morgan fingerprint density at radius 1 is 1.13 bits per heavy atom. The molecule has 1 saturated carbocycles. The quantitative estimate of drug-likeness (QED) is 0.300. The fourth-order valence-corrected chi connectivity index (χ4v) is 6.82. The minimum atomic E-state index is -1.02. The number of carbonyl (C=O) groups is 1. The van der Waals surface area contributed by atoms with E-state index in [1.165, 1.54) is 11.1 Å². The molecule has 3 aromatic rings. The highest BCUT2D eigenvalue weighted by Crippen LogP contribution is 2.56. The standard InChI is InChI=1S/C31H35ClN2O4/c1-21(20-38-27-9-14-33-26(18-27)19-35)15-23-16-22-5-2-3-8-28(22)30(23)10-12-31(13-11-30,29(36)37)34-25-7-4-6-24(32)17-25/h2-9,14,17-18,21,23,34-35H,10-13,15-16,19-20H2,1H3,(H,36,37)/t21-,23+,30?,31?/m1/s1. The molecule has 38 heavy (non-hydrogen) atoms. The molecule has 7 heteroatoms. The van der Waals surface area contributed by atoms with Gasteiger partial charge in [0.25, 0.3) is 0 Å². The van der Waals surface area contributed by atoms with E-state index in [9.17, 15) is 15.0 Å². The first-order chi connectivity index (χ1) is 18.3. The lowest BCUT2D eigenvalue weighted by atomic mass is 9.59. The Labute approximate surface area is 229 Å². The Bertz CT molecular complexity index is 1290. The predicted molar refractivity (Wildman–Crippen MR) is 149 cm³/mol. The third kappa shape index (κ3) is 5.25. The number of carboxylic acid groups (broad SMARTS) is 1. The number of aliphatic carboxylic acids is 1. The molecule has 1 fully saturated rings. The highest BCUT2D eigenvalue weighted by Gasteiger charge is 2.54. The third-order valence-corrected chi connectivity index (χ3v) is 8.82. The molecule has 2 aromatic carbocycles. The number of ether oxygens (including phenoxy) is 1. The fourth-order valence-electron chi connectivity index (χ4n) is 6.63. The predicted octanol–water partition coefficient (Wildman–Crippen LogP) is 6.25. The molecule has 1 heterocycles. The molecule has 0 radical (unpaired) electrons. The van der Waals surface area contributed by atoms with Crippen LogP contribution in [0.4, 0.5) is 5.69 Å². The summed E-state index contributed by atoms with van der Waals surface area (Å²) in [5, 5.41) is 23.6. The van der Waals surface area contributed by atoms with Gasteiger partial charge in [0.2, 0.25) is 0 Å². The molecule has 0 unspecified atom stereocenters. The summed E-state index contributed by atoms with van der Waals surface area (Å²) in [6, 6.07) is 19.6. The zero-order valence-electron chi connectivity index (χ0n) is 21.7. The molecular weight excluding hydrogens is 500 g/mol. The van der Waals surface area contributed by atoms with E-state index in [-0.39, 0.29) is 12.0 Å². The van der Waals surface area contributed by atoms with Gasteiger partial charge in [-0.3, -0.25) is 4.98 Å². The van der Waals surface area contributed by atoms with Gasteiger partial charge in [-0.25, -0.2) is 4.79 Å². The number of nitrogens with one attached hydrogen (secondary N) is 1. The van der Waals surface area contributed by atoms with E-state index in [4.69, 9.17) is 16.3 Å². The molecule has 200 valence electrons. The second-order valence-corrected chi connectivity index (χ2v) is 11.5. The molecule has 5 rings (SSSR count). The Balaban J connectivity index is 1.33. The number of fused-ring (bicyclic) bond motifs is 2. The second kappa shape index (κ2) is 11.0. The van der Waals surface area contributed by atoms with Crippen LogP contribution in [0.1, 0.15) is 55.8 Å². The van der Waals surface area contributed by atoms with Gasteiger partial charge in [-0.15, -0.1) is 0 Å². The molecule has 1 spiro atoms. The third-order valence-electron chi connectivity index (χ3n) is 8.59. The molecule has 6 nitrogen and oxygen atoms in total. The van der Waals surface area contributed by atoms with E-state index in [1.54, 1.807) is 24.4 Å². The van der Waals surface area contributed by atoms with Gasteiger partial charge >= 0.3 is 5.97 Å². The normalized spacial score (nSPS) is 25.1. The van der Waals surface area contributed by atoms with Crippen LogP contribution in [0.2, 0.25) is 5.02 Å². The summed E-state index contributed by atoms with van der Waals surface area (Å²) in [5.74, 6) is 0.641. The van der Waals surface area contributed by atoms with Crippen molar-refractivity contribution in [3.05, 3.63) is 88.7 Å². The highest BCUT2D eigenvalue weighted by atomic mass is 35.5. The van der Waals surface area contributed by atoms with Gasteiger partial charge in [-0.1, -0.05) is 48.9 Å². The number of anilines is 1. The monoisotopic (exact) mass is 534 g/mol. The first-order valence-electron chi connectivity index (χ1n) is 13.4. The molecule has 2 aliphatic rings. The zero-order chi connectivity index (χ0) is 26.8. The fraction of sp³-hybridized carbons (Fsp3) is 0.419. The van der Waals surface area contributed by atoms with Crippen molar-refractivity contribution in [2.75, 3.05) is 11.9 Å². The van der Waals surface area contributed by atoms with Crippen molar-refractivity contribution in [3.8, 4) is 5.75 Å². The Morgan fingerprint density at radius 3 is 2.66 bits per heavy atom. The number of benzene rings is 2. The van der Waals surface area contributed by atoms with Gasteiger partial charge in [-0.2, -0.15) is 0 Å². The average Bonchev–Trinajstić information content (AvgIpc) is 3.21. The van der Waals surface area contributed by atoms with E-state index in [1.807, 2.05) is 18.2 Å². The van der Waals surface area contributed by atoms with E-state index in [0.717, 1.165) is 37.1 Å². The van der Waals surface area contributed by atoms with Crippen molar-refractivity contribution in [1.82, 2.24) is 4.98 Å². The van der Waals surface area contributed by atoms with Gasteiger partial charge in [0, 0.05) is 23.0 Å². The van der Waals surface area contributed by atoms with Crippen LogP contribution in [0.5, 0.6) is 5.75 Å². The summed E-state index contributed by atoms with van der Waals surface area (Å²) in [6.07, 6.45) is 6.37. The summed E-state index contributed by atoms with van der Waals surface area (Å²) in [5.41, 5.74) is 3.06. The first-order valence-corrected chi connectivity index (χ1v) is 13.8. The summed E-state index contributed by atoms with van der Waals surface area (Å²) in [6.45, 7) is 2.68. The van der Waals surface area contributed by atoms with Gasteiger partial charge in [0.15, 0.2) is 0 Å². The molecule has 0 bridgehead atoms. The largest absolute Gasteiger partial charge is 0.493 e. The maximum atomic E-state index is 12.6. The molecule has 3 N–H and O–H groups in total. The first kappa shape index (κ1) is 26.5. The minimum Gasteiger partial charge on any atom is -0.493 e. The lowest BCUT2D eigenvalue weighted by Crippen LogP contribution is -2.53. The molecule has 0 aliphatic heterocycles. The van der Waals surface area contributed by atoms with Crippen LogP contribution in [0.25, 0.3) is 0 Å². The van der Waals surface area contributed by atoms with Gasteiger partial charge in [0.05, 0.1) is 18.9 Å². The maximum absolute atomic E-state index is 12.6. The van der Waals surface area contributed by atoms with E-state index in [0.29, 0.717) is 42.0 Å². The van der Waals surface area contributed by atoms with Crippen molar-refractivity contribution in [2.45, 2.75) is 63.0 Å². The number of rotatable bonds is 9. The number of halogens is 1. The number of aromatic nitrogens is 1. The molecule has 2 atom stereocenters. The van der Waals surface area contributed by atoms with Crippen LogP contribution in [-0.2, 0) is 23.2 Å². The van der Waals surface area contributed by atoms with Crippen LogP contribution in [-0.4, -0.2) is 33.3 Å². The highest BCUT2D eigenvalue weighted by molar-refractivity contribution is 6.30. The van der Waals surface area contributed by atoms with Crippen molar-refractivity contribution in [2.24, 2.45) is 11.8 Å². The molecule has 0 amide bonds. The number of nitrogens with zero attached hydrogens (tertiary/aromatic N) is 1. The Kier molecular flexibility index (Phi) is 7.64. The number of hydrogen-bond acceptors (Lipinski definition) is 5. The van der Waals surface area contributed by atoms with Gasteiger partial charge < -0.3 is 20.3 Å². The van der Waals surface area contributed by atoms with Crippen molar-refractivity contribution in [1.29, 1.82) is 0 Å². The van der Waals surface area contributed by atoms with Crippen LogP contribution in [0.15, 0.2) is 66.9 Å². The van der Waals surface area contributed by atoms with Gasteiger partial charge in [0.1, 0.15) is 11.3 Å². The van der Waals surface area contributed by atoms with Crippen molar-refractivity contribution >= 4 is 23.3 Å². The van der Waals surface area contributed by atoms with Crippen LogP contribution < -0.4 is 10.1 Å². The molecule has 2 aliphatic carbocycles. The van der Waals surface area contributed by atoms with E-state index in [2.05, 4.69) is 41.5 Å². The zero-order valence-corrected chi connectivity index (χ0v) is 22.5. The van der Waals surface area contributed by atoms with Crippen molar-refractivity contribution < 1.29 is 19.7 Å². The number of pyridine rings is 1. The summed E-state index contributed by atoms with van der Waals surface area (Å²) < 4.78 is 6.06. The Morgan fingerprint density at radius 2 is 1.92 bits per heavy atom. The van der Waals surface area contributed by atoms with Crippen LogP contribution in [0, 0.1) is 11.8 Å². The molecule has 1 aromatic heterocycles. The number of hydrogen-bond donors (Lipinski definition) is 3.